The van der Waals surface area contributed by atoms with E-state index in [9.17, 15) is 44.8 Å². The first-order valence-corrected chi connectivity index (χ1v) is 22.8. The van der Waals surface area contributed by atoms with E-state index < -0.39 is 16.7 Å². The Labute approximate surface area is 388 Å². The van der Waals surface area contributed by atoms with Gasteiger partial charge in [-0.3, -0.25) is 39.6 Å². The number of hydrogen-bond acceptors (Lipinski definition) is 18. The third-order valence-corrected chi connectivity index (χ3v) is 14.4. The van der Waals surface area contributed by atoms with Crippen LogP contribution in [0.3, 0.4) is 0 Å². The smallest absolute Gasteiger partial charge is 0.307 e. The highest BCUT2D eigenvalue weighted by atomic mass is 127. The molecule has 0 bridgehead atoms. The van der Waals surface area contributed by atoms with Gasteiger partial charge in [-0.2, -0.15) is 0 Å². The number of nitrogens with two attached hydrogens (primary N) is 1. The predicted molar refractivity (Wildman–Crippen MR) is 249 cm³/mol. The van der Waals surface area contributed by atoms with Crippen molar-refractivity contribution >= 4 is 40.3 Å². The van der Waals surface area contributed by atoms with Crippen molar-refractivity contribution in [2.24, 2.45) is 16.6 Å². The lowest BCUT2D eigenvalue weighted by molar-refractivity contribution is -0.610. The molecule has 8 saturated heterocycles. The number of hydrogen-bond donors (Lipinski definition) is 4. The number of halogens is 1. The van der Waals surface area contributed by atoms with Crippen molar-refractivity contribution in [2.75, 3.05) is 114 Å². The highest BCUT2D eigenvalue weighted by Gasteiger charge is 2.63. The Hall–Kier alpha value is -2.22. The third-order valence-electron chi connectivity index (χ3n) is 13.6. The third kappa shape index (κ3) is 14.4. The van der Waals surface area contributed by atoms with E-state index in [1.807, 2.05) is 51.6 Å². The van der Waals surface area contributed by atoms with Crippen LogP contribution in [0.4, 0.5) is 0 Å². The summed E-state index contributed by atoms with van der Waals surface area (Å²) in [6, 6.07) is -0.292. The number of aliphatic hydroxyl groups is 2. The zero-order valence-electron chi connectivity index (χ0n) is 40.7. The maximum atomic E-state index is 11.1. The standard InChI is InChI=1S/C9H15NO2.C8H13NO2.C7H14N2O3.C7H16N2O.C4H8IN.C4H8N2O2.C3H6O/c1-8(2)9(4-7(11)12-8)5-10(3)6-9;1-7(2)8(4-9-5-8)3-6(10)11-7;1-6(2,10)7(9(11)12)4-8(3)5-7;1-6(2,10)7(8)4-9(3)5-7;1-6-2-4(5)3-6;1-5-2-4(3-5)6(7)8;1-3(2)4/h4-6H2,1-3H3;9H,3-5H2,1-2H3;10H,4-5H2,1-3H3;10H,4-5,8H2,1-3H3;4H,2-3H2,1H3;4H,2-3H2,1H3;1-2H3. The molecule has 0 aromatic carbocycles. The van der Waals surface area contributed by atoms with Gasteiger partial charge in [0.1, 0.15) is 22.6 Å². The van der Waals surface area contributed by atoms with E-state index in [2.05, 4.69) is 56.7 Å². The maximum absolute atomic E-state index is 11.1. The average molecular weight is 1010 g/mol. The second kappa shape index (κ2) is 21.2. The number of carbonyl (C=O) groups is 3. The Morgan fingerprint density at radius 1 is 0.714 bits per heavy atom. The molecule has 8 aliphatic heterocycles. The van der Waals surface area contributed by atoms with Crippen molar-refractivity contribution in [1.29, 1.82) is 0 Å². The van der Waals surface area contributed by atoms with Gasteiger partial charge in [0.05, 0.1) is 50.2 Å². The minimum atomic E-state index is -1.25. The van der Waals surface area contributed by atoms with Crippen LogP contribution in [0.5, 0.6) is 0 Å². The van der Waals surface area contributed by atoms with E-state index in [0.29, 0.717) is 39.0 Å². The molecule has 20 nitrogen and oxygen atoms in total. The molecule has 8 fully saturated rings. The summed E-state index contributed by atoms with van der Waals surface area (Å²) >= 11 is 2.47. The molecule has 2 spiro atoms. The molecule has 0 aliphatic carbocycles. The van der Waals surface area contributed by atoms with Crippen LogP contribution in [-0.4, -0.2) is 220 Å². The van der Waals surface area contributed by atoms with Gasteiger partial charge in [0.25, 0.3) is 5.54 Å². The normalized spacial score (nSPS) is 26.0. The fourth-order valence-corrected chi connectivity index (χ4v) is 9.94. The fourth-order valence-electron chi connectivity index (χ4n) is 8.59. The molecule has 21 heteroatoms. The minimum absolute atomic E-state index is 0.0342. The Morgan fingerprint density at radius 3 is 1.21 bits per heavy atom. The van der Waals surface area contributed by atoms with Crippen molar-refractivity contribution < 1.29 is 43.9 Å². The van der Waals surface area contributed by atoms with E-state index in [4.69, 9.17) is 15.2 Å². The Kier molecular flexibility index (Phi) is 19.1. The first kappa shape index (κ1) is 56.9. The van der Waals surface area contributed by atoms with Crippen LogP contribution in [0.25, 0.3) is 0 Å². The molecule has 0 aromatic rings. The fraction of sp³-hybridized carbons (Fsp3) is 0.929. The molecule has 0 amide bonds. The van der Waals surface area contributed by atoms with Gasteiger partial charge >= 0.3 is 11.9 Å². The van der Waals surface area contributed by atoms with E-state index in [1.54, 1.807) is 20.9 Å². The topological polar surface area (TPSA) is 251 Å². The number of rotatable bonds is 4. The summed E-state index contributed by atoms with van der Waals surface area (Å²) in [5.41, 5.74) is 2.03. The van der Waals surface area contributed by atoms with Crippen LogP contribution in [-0.2, 0) is 23.9 Å². The van der Waals surface area contributed by atoms with Crippen molar-refractivity contribution in [2.45, 2.75) is 126 Å². The van der Waals surface area contributed by atoms with Crippen LogP contribution < -0.4 is 11.1 Å². The van der Waals surface area contributed by atoms with E-state index >= 15 is 0 Å². The first-order valence-electron chi connectivity index (χ1n) is 21.6. The number of nitrogens with zero attached hydrogens (tertiary/aromatic N) is 7. The maximum Gasteiger partial charge on any atom is 0.307 e. The number of likely N-dealkylation sites (N-methyl/N-ethyl adjacent to an activating group) is 3. The molecular weight excluding hydrogens is 933 g/mol. The molecule has 0 aromatic heterocycles. The summed E-state index contributed by atoms with van der Waals surface area (Å²) in [6.45, 7) is 27.5. The van der Waals surface area contributed by atoms with Gasteiger partial charge in [0.15, 0.2) is 0 Å². The quantitative estimate of drug-likeness (QED) is 0.101. The lowest BCUT2D eigenvalue weighted by Crippen LogP contribution is -2.75. The second-order valence-electron chi connectivity index (χ2n) is 21.5. The summed E-state index contributed by atoms with van der Waals surface area (Å²) in [4.78, 5) is 62.0. The molecule has 8 aliphatic rings. The second-order valence-corrected chi connectivity index (χ2v) is 23.2. The molecule has 63 heavy (non-hydrogen) atoms. The molecule has 8 rings (SSSR count). The van der Waals surface area contributed by atoms with Crippen LogP contribution in [0.15, 0.2) is 0 Å². The largest absolute Gasteiger partial charge is 0.459 e. The van der Waals surface area contributed by atoms with Gasteiger partial charge in [-0.15, -0.1) is 0 Å². The van der Waals surface area contributed by atoms with Gasteiger partial charge < -0.3 is 50.2 Å². The van der Waals surface area contributed by atoms with E-state index in [0.717, 1.165) is 43.2 Å². The monoisotopic (exact) mass is 1010 g/mol. The summed E-state index contributed by atoms with van der Waals surface area (Å²) in [7, 11) is 9.89. The number of cyclic esters (lactones) is 2. The van der Waals surface area contributed by atoms with Gasteiger partial charge in [-0.1, -0.05) is 22.6 Å². The van der Waals surface area contributed by atoms with Gasteiger partial charge in [0, 0.05) is 77.0 Å². The Bertz CT molecular complexity index is 1580. The number of esters is 2. The number of alkyl halides is 1. The van der Waals surface area contributed by atoms with Crippen LogP contribution in [0, 0.1) is 31.1 Å². The first-order chi connectivity index (χ1) is 28.4. The number of likely N-dealkylation sites (tertiary alicyclic amines) is 5. The summed E-state index contributed by atoms with van der Waals surface area (Å²) in [5.74, 6) is 0.0876. The van der Waals surface area contributed by atoms with Crippen molar-refractivity contribution in [3.05, 3.63) is 20.2 Å². The van der Waals surface area contributed by atoms with Gasteiger partial charge in [-0.25, -0.2) is 0 Å². The average Bonchev–Trinajstić information content (AvgIpc) is 3.41. The predicted octanol–water partition coefficient (Wildman–Crippen LogP) is 0.971. The van der Waals surface area contributed by atoms with Crippen LogP contribution >= 0.6 is 22.6 Å². The summed E-state index contributed by atoms with van der Waals surface area (Å²) < 4.78 is 11.5. The number of ether oxygens (including phenoxy) is 2. The molecule has 5 N–H and O–H groups in total. The molecule has 0 radical (unpaired) electrons. The van der Waals surface area contributed by atoms with Gasteiger partial charge in [0.2, 0.25) is 6.04 Å². The van der Waals surface area contributed by atoms with Gasteiger partial charge in [-0.05, 0) is 104 Å². The molecule has 8 heterocycles. The summed E-state index contributed by atoms with van der Waals surface area (Å²) in [5, 5.41) is 43.0. The zero-order valence-corrected chi connectivity index (χ0v) is 42.9. The van der Waals surface area contributed by atoms with E-state index in [-0.39, 0.29) is 61.2 Å². The van der Waals surface area contributed by atoms with E-state index in [1.165, 1.54) is 40.8 Å². The Morgan fingerprint density at radius 2 is 1.08 bits per heavy atom. The summed E-state index contributed by atoms with van der Waals surface area (Å²) in [6.07, 6.45) is 1.19. The molecule has 366 valence electrons. The Balaban J connectivity index is 0.000000258. The molecule has 0 unspecified atom stereocenters. The number of Topliss-reactive ketones (excluding diaryl/α,β-unsaturated/α-hetero) is 1. The number of nitro groups is 2. The van der Waals surface area contributed by atoms with Crippen LogP contribution in [0.2, 0.25) is 0 Å². The molecule has 0 atom stereocenters. The molecule has 0 saturated carbocycles. The lowest BCUT2D eigenvalue weighted by Gasteiger charge is -2.52. The number of carbonyl (C=O) groups excluding carboxylic acids is 3. The van der Waals surface area contributed by atoms with Crippen molar-refractivity contribution in [1.82, 2.24) is 29.8 Å². The SMILES string of the molecule is CC(C)=O.CC1(C)OC(=O)CC12CNC2.CN1CC(I)C1.CN1CC(N)(C(C)(C)O)C1.CN1CC([N+](=O)[O-])(C(C)(C)O)C1.CN1CC([N+](=O)[O-])C1.CN1CC2(CC(=O)OC2(C)C)C1. The van der Waals surface area contributed by atoms with Crippen molar-refractivity contribution in [3.63, 3.8) is 0 Å². The van der Waals surface area contributed by atoms with Crippen molar-refractivity contribution in [3.8, 4) is 0 Å². The van der Waals surface area contributed by atoms with Crippen LogP contribution in [0.1, 0.15) is 82.1 Å². The zero-order chi connectivity index (χ0) is 48.9. The molecular formula is C42H80IN9O11. The minimum Gasteiger partial charge on any atom is -0.459 e. The number of nitrogens with one attached hydrogen (secondary N) is 1. The number of ketones is 1. The lowest BCUT2D eigenvalue weighted by atomic mass is 9.68. The highest BCUT2D eigenvalue weighted by molar-refractivity contribution is 14.1. The highest BCUT2D eigenvalue weighted by Crippen LogP contribution is 2.50.